The molecule has 2 heteroatoms. The third-order valence-electron chi connectivity index (χ3n) is 5.63. The van der Waals surface area contributed by atoms with Crippen LogP contribution in [0.1, 0.15) is 68.7 Å². The third-order valence-corrected chi connectivity index (χ3v) is 5.63. The fourth-order valence-corrected chi connectivity index (χ4v) is 4.32. The zero-order valence-corrected chi connectivity index (χ0v) is 19.2. The number of aryl methyl sites for hydroxylation is 2. The minimum Gasteiger partial charge on any atom is -0.425 e. The van der Waals surface area contributed by atoms with Crippen molar-refractivity contribution in [1.82, 2.24) is 0 Å². The minimum absolute atomic E-state index is 0.299. The van der Waals surface area contributed by atoms with Gasteiger partial charge in [-0.1, -0.05) is 82.3 Å². The highest BCUT2D eigenvalue weighted by Crippen LogP contribution is 2.47. The molecule has 156 valence electrons. The van der Waals surface area contributed by atoms with E-state index in [9.17, 15) is 4.79 Å². The van der Waals surface area contributed by atoms with Gasteiger partial charge in [0.1, 0.15) is 5.75 Å². The van der Waals surface area contributed by atoms with Gasteiger partial charge in [-0.25, -0.2) is 0 Å². The first-order valence-electron chi connectivity index (χ1n) is 10.7. The fourth-order valence-electron chi connectivity index (χ4n) is 4.32. The molecule has 0 unspecified atom stereocenters. The lowest BCUT2D eigenvalue weighted by atomic mass is 9.84. The first-order chi connectivity index (χ1) is 14.2. The summed E-state index contributed by atoms with van der Waals surface area (Å²) >= 11 is 0. The van der Waals surface area contributed by atoms with Gasteiger partial charge in [-0.15, -0.1) is 0 Å². The first kappa shape index (κ1) is 21.8. The standard InChI is InChI=1S/C28H32O2/c1-17(2)22-12-8-10-14-24(22)26-19(5)16-20(6)27(28(26)30-21(7)29)25-15-11-9-13-23(25)18(3)4/h8-18H,1-7H3. The molecule has 0 fully saturated rings. The molecule has 0 aliphatic rings. The fraction of sp³-hybridized carbons (Fsp3) is 0.321. The largest absolute Gasteiger partial charge is 0.425 e. The summed E-state index contributed by atoms with van der Waals surface area (Å²) in [4.78, 5) is 12.2. The average Bonchev–Trinajstić information content (AvgIpc) is 2.67. The van der Waals surface area contributed by atoms with Crippen molar-refractivity contribution in [2.24, 2.45) is 0 Å². The number of carbonyl (C=O) groups is 1. The summed E-state index contributed by atoms with van der Waals surface area (Å²) in [5, 5.41) is 0. The molecule has 3 aromatic rings. The van der Waals surface area contributed by atoms with Gasteiger partial charge in [0.05, 0.1) is 0 Å². The monoisotopic (exact) mass is 400 g/mol. The van der Waals surface area contributed by atoms with Crippen molar-refractivity contribution in [3.05, 3.63) is 76.9 Å². The van der Waals surface area contributed by atoms with Crippen LogP contribution in [0.2, 0.25) is 0 Å². The second-order valence-corrected chi connectivity index (χ2v) is 8.67. The maximum atomic E-state index is 12.2. The van der Waals surface area contributed by atoms with Gasteiger partial charge in [-0.3, -0.25) is 4.79 Å². The highest BCUT2D eigenvalue weighted by molar-refractivity contribution is 5.91. The zero-order chi connectivity index (χ0) is 22.0. The van der Waals surface area contributed by atoms with Gasteiger partial charge < -0.3 is 4.74 Å². The highest BCUT2D eigenvalue weighted by atomic mass is 16.5. The van der Waals surface area contributed by atoms with E-state index >= 15 is 0 Å². The van der Waals surface area contributed by atoms with E-state index in [0.717, 1.165) is 33.4 Å². The lowest BCUT2D eigenvalue weighted by molar-refractivity contribution is -0.131. The highest BCUT2D eigenvalue weighted by Gasteiger charge is 2.24. The number of ether oxygens (including phenoxy) is 1. The number of carbonyl (C=O) groups excluding carboxylic acids is 1. The number of benzene rings is 3. The number of hydrogen-bond acceptors (Lipinski definition) is 2. The van der Waals surface area contributed by atoms with Crippen molar-refractivity contribution in [3.8, 4) is 28.0 Å². The Balaban J connectivity index is 2.45. The SMILES string of the molecule is CC(=O)Oc1c(-c2ccccc2C(C)C)c(C)cc(C)c1-c1ccccc1C(C)C. The molecule has 3 aromatic carbocycles. The Morgan fingerprint density at radius 3 is 1.50 bits per heavy atom. The topological polar surface area (TPSA) is 26.3 Å². The lowest BCUT2D eigenvalue weighted by Crippen LogP contribution is -2.08. The minimum atomic E-state index is -0.299. The third kappa shape index (κ3) is 4.18. The number of esters is 1. The van der Waals surface area contributed by atoms with Crippen molar-refractivity contribution < 1.29 is 9.53 Å². The van der Waals surface area contributed by atoms with Gasteiger partial charge in [0, 0.05) is 18.1 Å². The predicted molar refractivity (Wildman–Crippen MR) is 126 cm³/mol. The van der Waals surface area contributed by atoms with Gasteiger partial charge in [0.25, 0.3) is 0 Å². The molecule has 0 radical (unpaired) electrons. The second kappa shape index (κ2) is 8.87. The van der Waals surface area contributed by atoms with E-state index in [1.54, 1.807) is 0 Å². The summed E-state index contributed by atoms with van der Waals surface area (Å²) < 4.78 is 5.98. The van der Waals surface area contributed by atoms with E-state index < -0.39 is 0 Å². The van der Waals surface area contributed by atoms with Crippen molar-refractivity contribution in [2.45, 2.75) is 60.3 Å². The molecule has 0 N–H and O–H groups in total. The second-order valence-electron chi connectivity index (χ2n) is 8.67. The molecule has 0 saturated heterocycles. The molecule has 0 amide bonds. The molecule has 2 nitrogen and oxygen atoms in total. The summed E-state index contributed by atoms with van der Waals surface area (Å²) in [5.41, 5.74) is 9.00. The van der Waals surface area contributed by atoms with Crippen molar-refractivity contribution in [3.63, 3.8) is 0 Å². The van der Waals surface area contributed by atoms with Crippen LogP contribution in [0.5, 0.6) is 5.75 Å². The van der Waals surface area contributed by atoms with Crippen molar-refractivity contribution in [1.29, 1.82) is 0 Å². The van der Waals surface area contributed by atoms with Crippen LogP contribution in [0.25, 0.3) is 22.3 Å². The zero-order valence-electron chi connectivity index (χ0n) is 19.2. The summed E-state index contributed by atoms with van der Waals surface area (Å²) in [6.45, 7) is 14.5. The molecule has 0 aliphatic heterocycles. The molecule has 0 bridgehead atoms. The van der Waals surface area contributed by atoms with Crippen molar-refractivity contribution in [2.75, 3.05) is 0 Å². The average molecular weight is 401 g/mol. The van der Waals surface area contributed by atoms with Crippen molar-refractivity contribution >= 4 is 5.97 Å². The maximum Gasteiger partial charge on any atom is 0.308 e. The van der Waals surface area contributed by atoms with E-state index in [0.29, 0.717) is 17.6 Å². The normalized spacial score (nSPS) is 11.2. The van der Waals surface area contributed by atoms with E-state index in [4.69, 9.17) is 4.74 Å². The Hall–Kier alpha value is -2.87. The van der Waals surface area contributed by atoms with Crippen LogP contribution in [0.3, 0.4) is 0 Å². The van der Waals surface area contributed by atoms with Gasteiger partial charge in [-0.2, -0.15) is 0 Å². The van der Waals surface area contributed by atoms with E-state index in [1.807, 2.05) is 0 Å². The summed E-state index contributed by atoms with van der Waals surface area (Å²) in [6, 6.07) is 19.1. The van der Waals surface area contributed by atoms with Crippen LogP contribution in [0.4, 0.5) is 0 Å². The molecule has 0 atom stereocenters. The summed E-state index contributed by atoms with van der Waals surface area (Å²) in [7, 11) is 0. The van der Waals surface area contributed by atoms with Crippen LogP contribution in [-0.2, 0) is 4.79 Å². The molecule has 0 aromatic heterocycles. The molecule has 0 saturated carbocycles. The first-order valence-corrected chi connectivity index (χ1v) is 10.7. The van der Waals surface area contributed by atoms with Gasteiger partial charge >= 0.3 is 5.97 Å². The number of rotatable bonds is 5. The Labute approximate surface area is 180 Å². The molecular weight excluding hydrogens is 368 g/mol. The predicted octanol–water partition coefficient (Wildman–Crippen LogP) is 7.81. The quantitative estimate of drug-likeness (QED) is 0.322. The van der Waals surface area contributed by atoms with E-state index in [-0.39, 0.29) is 5.97 Å². The number of hydrogen-bond donors (Lipinski definition) is 0. The van der Waals surface area contributed by atoms with Crippen LogP contribution in [0, 0.1) is 13.8 Å². The van der Waals surface area contributed by atoms with Gasteiger partial charge in [0.2, 0.25) is 0 Å². The maximum absolute atomic E-state index is 12.2. The molecular formula is C28H32O2. The Bertz CT molecular complexity index is 998. The van der Waals surface area contributed by atoms with Crippen LogP contribution in [0.15, 0.2) is 54.6 Å². The Morgan fingerprint density at radius 1 is 0.733 bits per heavy atom. The van der Waals surface area contributed by atoms with Gasteiger partial charge in [0.15, 0.2) is 0 Å². The summed E-state index contributed by atoms with van der Waals surface area (Å²) in [5.74, 6) is 1.09. The van der Waals surface area contributed by atoms with E-state index in [2.05, 4.69) is 96.1 Å². The Morgan fingerprint density at radius 2 is 1.13 bits per heavy atom. The molecule has 0 spiro atoms. The van der Waals surface area contributed by atoms with E-state index in [1.165, 1.54) is 18.1 Å². The summed E-state index contributed by atoms with van der Waals surface area (Å²) in [6.07, 6.45) is 0. The molecule has 0 heterocycles. The van der Waals surface area contributed by atoms with Crippen LogP contribution in [-0.4, -0.2) is 5.97 Å². The van der Waals surface area contributed by atoms with Gasteiger partial charge in [-0.05, 0) is 59.1 Å². The van der Waals surface area contributed by atoms with Crippen LogP contribution >= 0.6 is 0 Å². The molecule has 0 aliphatic carbocycles. The smallest absolute Gasteiger partial charge is 0.308 e. The van der Waals surface area contributed by atoms with Crippen LogP contribution < -0.4 is 4.74 Å². The lowest BCUT2D eigenvalue weighted by Gasteiger charge is -2.24. The molecule has 30 heavy (non-hydrogen) atoms. The molecule has 3 rings (SSSR count). The Kier molecular flexibility index (Phi) is 6.45.